The van der Waals surface area contributed by atoms with Crippen LogP contribution in [0.1, 0.15) is 5.56 Å². The lowest BCUT2D eigenvalue weighted by molar-refractivity contribution is -0.139. The van der Waals surface area contributed by atoms with Crippen molar-refractivity contribution in [3.63, 3.8) is 0 Å². The molecule has 4 rings (SSSR count). The second-order valence-electron chi connectivity index (χ2n) is 7.13. The van der Waals surface area contributed by atoms with Crippen LogP contribution in [0.15, 0.2) is 84.9 Å². The summed E-state index contributed by atoms with van der Waals surface area (Å²) < 4.78 is 5.01. The van der Waals surface area contributed by atoms with E-state index in [0.29, 0.717) is 0 Å². The molecule has 3 aromatic carbocycles. The number of aromatic amines is 1. The Labute approximate surface area is 166 Å². The van der Waals surface area contributed by atoms with Crippen molar-refractivity contribution in [2.24, 2.45) is 0 Å². The number of fused-ring (bicyclic) bond motifs is 1. The molecule has 0 atom stereocenters. The number of rotatable bonds is 5. The zero-order valence-corrected chi connectivity index (χ0v) is 17.1. The molecule has 0 unspecified atom stereocenters. The summed E-state index contributed by atoms with van der Waals surface area (Å²) in [6.45, 7) is 2.35. The number of aromatic nitrogens is 1. The summed E-state index contributed by atoms with van der Waals surface area (Å²) in [6, 6.07) is 29.4. The summed E-state index contributed by atoms with van der Waals surface area (Å²) >= 11 is 0. The van der Waals surface area contributed by atoms with Gasteiger partial charge in [-0.2, -0.15) is 0 Å². The molecule has 0 fully saturated rings. The summed E-state index contributed by atoms with van der Waals surface area (Å²) in [5.41, 5.74) is 2.10. The third-order valence-corrected chi connectivity index (χ3v) is 9.97. The van der Waals surface area contributed by atoms with Crippen LogP contribution in [0.5, 0.6) is 0 Å². The highest BCUT2D eigenvalue weighted by molar-refractivity contribution is 7.10. The Morgan fingerprint density at radius 3 is 1.96 bits per heavy atom. The monoisotopic (exact) mass is 385 g/mol. The van der Waals surface area contributed by atoms with Gasteiger partial charge in [-0.1, -0.05) is 85.4 Å². The Morgan fingerprint density at radius 2 is 1.39 bits per heavy atom. The molecule has 0 bridgehead atoms. The van der Waals surface area contributed by atoms with Crippen molar-refractivity contribution in [1.82, 2.24) is 4.98 Å². The number of hydrogen-bond acceptors (Lipinski definition) is 2. The molecule has 4 aromatic rings. The molecule has 0 aliphatic rings. The molecule has 0 aliphatic heterocycles. The highest BCUT2D eigenvalue weighted by Gasteiger charge is 2.38. The molecule has 1 aromatic heterocycles. The van der Waals surface area contributed by atoms with E-state index in [4.69, 9.17) is 4.74 Å². The lowest BCUT2D eigenvalue weighted by Crippen LogP contribution is -2.66. The predicted molar refractivity (Wildman–Crippen MR) is 117 cm³/mol. The number of methoxy groups -OCH3 is 1. The molecule has 0 spiro atoms. The smallest absolute Gasteiger partial charge is 0.310 e. The van der Waals surface area contributed by atoms with E-state index < -0.39 is 8.07 Å². The first-order chi connectivity index (χ1) is 13.6. The third kappa shape index (κ3) is 3.06. The standard InChI is InChI=1S/C24H23NO2Si/c1-27-23(26)17-21-20-15-9-10-16-22(20)25-24(21)28(2,18-11-5-3-6-12-18)19-13-7-4-8-14-19/h3-16,25H,17H2,1-2H3. The molecule has 1 N–H and O–H groups in total. The second kappa shape index (κ2) is 7.48. The minimum absolute atomic E-state index is 0.219. The summed E-state index contributed by atoms with van der Waals surface area (Å²) in [6.07, 6.45) is 0.262. The van der Waals surface area contributed by atoms with E-state index in [1.165, 1.54) is 17.5 Å². The average Bonchev–Trinajstić information content (AvgIpc) is 3.13. The van der Waals surface area contributed by atoms with Gasteiger partial charge in [0.05, 0.1) is 13.5 Å². The van der Waals surface area contributed by atoms with Crippen LogP contribution >= 0.6 is 0 Å². The highest BCUT2D eigenvalue weighted by Crippen LogP contribution is 2.21. The van der Waals surface area contributed by atoms with Crippen LogP contribution < -0.4 is 15.7 Å². The maximum absolute atomic E-state index is 12.3. The quantitative estimate of drug-likeness (QED) is 0.424. The Bertz CT molecular complexity index is 1060. The fraction of sp³-hybridized carbons (Fsp3) is 0.125. The van der Waals surface area contributed by atoms with E-state index in [-0.39, 0.29) is 12.4 Å². The fourth-order valence-corrected chi connectivity index (χ4v) is 7.87. The molecule has 1 heterocycles. The molecule has 4 heteroatoms. The van der Waals surface area contributed by atoms with E-state index >= 15 is 0 Å². The van der Waals surface area contributed by atoms with Crippen molar-refractivity contribution in [1.29, 1.82) is 0 Å². The number of carbonyl (C=O) groups is 1. The highest BCUT2D eigenvalue weighted by atomic mass is 28.3. The lowest BCUT2D eigenvalue weighted by Gasteiger charge is -2.29. The predicted octanol–water partition coefficient (Wildman–Crippen LogP) is 2.98. The van der Waals surface area contributed by atoms with E-state index in [9.17, 15) is 4.79 Å². The van der Waals surface area contributed by atoms with Gasteiger partial charge in [0.1, 0.15) is 0 Å². The molecule has 0 amide bonds. The number of carbonyl (C=O) groups excluding carboxylic acids is 1. The van der Waals surface area contributed by atoms with Gasteiger partial charge < -0.3 is 9.72 Å². The maximum atomic E-state index is 12.3. The number of ether oxygens (including phenoxy) is 1. The van der Waals surface area contributed by atoms with Crippen molar-refractivity contribution in [3.8, 4) is 0 Å². The van der Waals surface area contributed by atoms with Gasteiger partial charge in [-0.15, -0.1) is 0 Å². The first-order valence-corrected chi connectivity index (χ1v) is 11.9. The van der Waals surface area contributed by atoms with Gasteiger partial charge in [0.15, 0.2) is 8.07 Å². The molecule has 3 nitrogen and oxygen atoms in total. The fourth-order valence-electron chi connectivity index (χ4n) is 4.03. The summed E-state index contributed by atoms with van der Waals surface area (Å²) in [5.74, 6) is -0.219. The van der Waals surface area contributed by atoms with Gasteiger partial charge in [0.25, 0.3) is 0 Å². The van der Waals surface area contributed by atoms with Crippen LogP contribution in [0.25, 0.3) is 10.9 Å². The van der Waals surface area contributed by atoms with Crippen LogP contribution in [0.2, 0.25) is 6.55 Å². The topological polar surface area (TPSA) is 42.1 Å². The van der Waals surface area contributed by atoms with Gasteiger partial charge >= 0.3 is 5.97 Å². The van der Waals surface area contributed by atoms with Crippen molar-refractivity contribution in [2.75, 3.05) is 7.11 Å². The van der Waals surface area contributed by atoms with E-state index in [1.807, 2.05) is 24.3 Å². The van der Waals surface area contributed by atoms with Crippen molar-refractivity contribution < 1.29 is 9.53 Å². The minimum atomic E-state index is -2.35. The van der Waals surface area contributed by atoms with Crippen LogP contribution in [0.4, 0.5) is 0 Å². The largest absolute Gasteiger partial charge is 0.469 e. The summed E-state index contributed by atoms with van der Waals surface area (Å²) in [7, 11) is -0.902. The van der Waals surface area contributed by atoms with Crippen molar-refractivity contribution in [3.05, 3.63) is 90.5 Å². The van der Waals surface area contributed by atoms with Gasteiger partial charge in [0.2, 0.25) is 0 Å². The molecule has 140 valence electrons. The van der Waals surface area contributed by atoms with E-state index in [1.54, 1.807) is 0 Å². The SMILES string of the molecule is COC(=O)Cc1c([Si](C)(c2ccccc2)c2ccccc2)[nH]c2ccccc12. The number of esters is 1. The molecule has 0 saturated heterocycles. The minimum Gasteiger partial charge on any atom is -0.469 e. The second-order valence-corrected chi connectivity index (χ2v) is 11.0. The number of H-pyrrole nitrogens is 1. The third-order valence-electron chi connectivity index (χ3n) is 5.56. The van der Waals surface area contributed by atoms with Gasteiger partial charge in [-0.3, -0.25) is 4.79 Å². The number of para-hydroxylation sites is 1. The van der Waals surface area contributed by atoms with Gasteiger partial charge in [0, 0.05) is 16.2 Å². The Balaban J connectivity index is 2.03. The van der Waals surface area contributed by atoms with E-state index in [0.717, 1.165) is 21.8 Å². The van der Waals surface area contributed by atoms with Crippen LogP contribution in [0.3, 0.4) is 0 Å². The molecular weight excluding hydrogens is 362 g/mol. The van der Waals surface area contributed by atoms with Crippen molar-refractivity contribution in [2.45, 2.75) is 13.0 Å². The number of hydrogen-bond donors (Lipinski definition) is 1. The van der Waals surface area contributed by atoms with Crippen LogP contribution in [-0.2, 0) is 16.0 Å². The zero-order valence-electron chi connectivity index (χ0n) is 16.1. The summed E-state index contributed by atoms with van der Waals surface area (Å²) in [4.78, 5) is 15.9. The number of benzene rings is 3. The Hall–Kier alpha value is -3.11. The molecule has 28 heavy (non-hydrogen) atoms. The van der Waals surface area contributed by atoms with Crippen molar-refractivity contribution >= 4 is 40.6 Å². The molecule has 0 radical (unpaired) electrons. The molecule has 0 saturated carbocycles. The van der Waals surface area contributed by atoms with Gasteiger partial charge in [-0.05, 0) is 22.0 Å². The zero-order chi connectivity index (χ0) is 19.6. The summed E-state index contributed by atoms with van der Waals surface area (Å²) in [5, 5.41) is 4.86. The first-order valence-electron chi connectivity index (χ1n) is 9.42. The van der Waals surface area contributed by atoms with E-state index in [2.05, 4.69) is 72.2 Å². The maximum Gasteiger partial charge on any atom is 0.310 e. The Morgan fingerprint density at radius 1 is 0.857 bits per heavy atom. The lowest BCUT2D eigenvalue weighted by atomic mass is 10.1. The normalized spacial score (nSPS) is 11.5. The number of nitrogens with one attached hydrogen (secondary N) is 1. The first kappa shape index (κ1) is 18.3. The molecular formula is C24H23NO2Si. The Kier molecular flexibility index (Phi) is 4.88. The molecule has 0 aliphatic carbocycles. The van der Waals surface area contributed by atoms with Crippen LogP contribution in [-0.4, -0.2) is 26.1 Å². The average molecular weight is 386 g/mol. The van der Waals surface area contributed by atoms with Gasteiger partial charge in [-0.25, -0.2) is 0 Å². The van der Waals surface area contributed by atoms with Crippen LogP contribution in [0, 0.1) is 0 Å².